The van der Waals surface area contributed by atoms with Crippen LogP contribution in [0.4, 0.5) is 15.8 Å². The van der Waals surface area contributed by atoms with Crippen molar-refractivity contribution >= 4 is 34.6 Å². The third-order valence-corrected chi connectivity index (χ3v) is 3.72. The molecule has 0 saturated heterocycles. The van der Waals surface area contributed by atoms with Crippen LogP contribution in [-0.2, 0) is 4.79 Å². The van der Waals surface area contributed by atoms with E-state index in [2.05, 4.69) is 33.6 Å². The fourth-order valence-corrected chi connectivity index (χ4v) is 2.66. The van der Waals surface area contributed by atoms with Gasteiger partial charge in [0, 0.05) is 11.4 Å². The lowest BCUT2D eigenvalue weighted by atomic mass is 10.1. The highest BCUT2D eigenvalue weighted by molar-refractivity contribution is 7.80. The van der Waals surface area contributed by atoms with Crippen molar-refractivity contribution in [3.05, 3.63) is 58.9 Å². The molecule has 0 aliphatic heterocycles. The first kappa shape index (κ1) is 18.7. The van der Waals surface area contributed by atoms with Gasteiger partial charge in [-0.2, -0.15) is 0 Å². The molecule has 0 spiro atoms. The Morgan fingerprint density at radius 1 is 1.04 bits per heavy atom. The van der Waals surface area contributed by atoms with E-state index >= 15 is 0 Å². The molecule has 0 radical (unpaired) electrons. The first-order valence-electron chi connectivity index (χ1n) is 7.78. The van der Waals surface area contributed by atoms with Gasteiger partial charge in [0.2, 0.25) is 0 Å². The number of benzene rings is 2. The Morgan fingerprint density at radius 3 is 2.24 bits per heavy atom. The molecule has 0 atom stereocenters. The zero-order valence-corrected chi connectivity index (χ0v) is 15.2. The van der Waals surface area contributed by atoms with E-state index in [1.165, 1.54) is 17.7 Å². The van der Waals surface area contributed by atoms with Crippen LogP contribution in [0.1, 0.15) is 16.7 Å². The molecule has 0 saturated carbocycles. The number of aryl methyl sites for hydroxylation is 3. The summed E-state index contributed by atoms with van der Waals surface area (Å²) in [6.45, 7) is 6.15. The molecule has 0 aliphatic carbocycles. The second kappa shape index (κ2) is 8.43. The Bertz CT molecular complexity index is 754. The summed E-state index contributed by atoms with van der Waals surface area (Å²) < 4.78 is 12.8. The first-order valence-corrected chi connectivity index (χ1v) is 8.19. The molecule has 0 heterocycles. The zero-order valence-electron chi connectivity index (χ0n) is 14.4. The molecule has 25 heavy (non-hydrogen) atoms. The number of nitrogens with one attached hydrogen (secondary N) is 4. The second-order valence-electron chi connectivity index (χ2n) is 5.76. The number of hydrazine groups is 1. The van der Waals surface area contributed by atoms with Crippen LogP contribution in [0.15, 0.2) is 36.4 Å². The molecule has 1 amide bonds. The average molecular weight is 360 g/mol. The molecule has 132 valence electrons. The van der Waals surface area contributed by atoms with Crippen molar-refractivity contribution < 1.29 is 9.18 Å². The molecule has 2 aromatic carbocycles. The predicted octanol–water partition coefficient (Wildman–Crippen LogP) is 3.18. The third-order valence-electron chi connectivity index (χ3n) is 3.52. The van der Waals surface area contributed by atoms with Gasteiger partial charge in [-0.05, 0) is 68.4 Å². The van der Waals surface area contributed by atoms with Gasteiger partial charge in [0.25, 0.3) is 5.91 Å². The van der Waals surface area contributed by atoms with E-state index in [9.17, 15) is 9.18 Å². The lowest BCUT2D eigenvalue weighted by Crippen LogP contribution is -2.45. The normalized spacial score (nSPS) is 10.1. The highest BCUT2D eigenvalue weighted by atomic mass is 32.1. The van der Waals surface area contributed by atoms with Crippen molar-refractivity contribution in [2.24, 2.45) is 0 Å². The molecule has 4 N–H and O–H groups in total. The van der Waals surface area contributed by atoms with E-state index in [1.54, 1.807) is 12.1 Å². The number of carbonyl (C=O) groups is 1. The maximum atomic E-state index is 12.8. The van der Waals surface area contributed by atoms with Crippen molar-refractivity contribution in [3.63, 3.8) is 0 Å². The second-order valence-corrected chi connectivity index (χ2v) is 6.17. The van der Waals surface area contributed by atoms with Crippen molar-refractivity contribution in [2.45, 2.75) is 20.8 Å². The summed E-state index contributed by atoms with van der Waals surface area (Å²) in [5.41, 5.74) is 10.0. The number of rotatable bonds is 4. The van der Waals surface area contributed by atoms with E-state index in [1.807, 2.05) is 20.8 Å². The molecule has 2 rings (SSSR count). The zero-order chi connectivity index (χ0) is 18.4. The molecule has 0 fully saturated rings. The monoisotopic (exact) mass is 360 g/mol. The van der Waals surface area contributed by atoms with Crippen LogP contribution in [0.3, 0.4) is 0 Å². The lowest BCUT2D eigenvalue weighted by Gasteiger charge is -2.15. The third kappa shape index (κ3) is 5.72. The van der Waals surface area contributed by atoms with Crippen LogP contribution in [0, 0.1) is 26.6 Å². The van der Waals surface area contributed by atoms with Gasteiger partial charge in [-0.25, -0.2) is 4.39 Å². The minimum atomic E-state index is -0.328. The summed E-state index contributed by atoms with van der Waals surface area (Å²) >= 11 is 5.07. The number of carbonyl (C=O) groups excluding carboxylic acids is 1. The summed E-state index contributed by atoms with van der Waals surface area (Å²) in [6.07, 6.45) is 0. The van der Waals surface area contributed by atoms with Gasteiger partial charge in [0.1, 0.15) is 5.82 Å². The largest absolute Gasteiger partial charge is 0.376 e. The van der Waals surface area contributed by atoms with Gasteiger partial charge >= 0.3 is 0 Å². The van der Waals surface area contributed by atoms with E-state index in [-0.39, 0.29) is 23.4 Å². The minimum Gasteiger partial charge on any atom is -0.376 e. The number of hydrogen-bond donors (Lipinski definition) is 4. The number of anilines is 2. The van der Waals surface area contributed by atoms with Crippen molar-refractivity contribution in [3.8, 4) is 0 Å². The summed E-state index contributed by atoms with van der Waals surface area (Å²) in [5, 5.41) is 6.18. The van der Waals surface area contributed by atoms with Gasteiger partial charge < -0.3 is 10.6 Å². The predicted molar refractivity (Wildman–Crippen MR) is 103 cm³/mol. The molecular weight excluding hydrogens is 339 g/mol. The highest BCUT2D eigenvalue weighted by Crippen LogP contribution is 2.21. The van der Waals surface area contributed by atoms with Gasteiger partial charge in [0.15, 0.2) is 5.11 Å². The van der Waals surface area contributed by atoms with Gasteiger partial charge in [-0.15, -0.1) is 0 Å². The van der Waals surface area contributed by atoms with Crippen LogP contribution < -0.4 is 21.5 Å². The van der Waals surface area contributed by atoms with Gasteiger partial charge in [-0.3, -0.25) is 15.6 Å². The van der Waals surface area contributed by atoms with Gasteiger partial charge in [0.05, 0.1) is 6.54 Å². The summed E-state index contributed by atoms with van der Waals surface area (Å²) in [6, 6.07) is 9.87. The van der Waals surface area contributed by atoms with Crippen LogP contribution in [0.25, 0.3) is 0 Å². The number of amides is 1. The molecule has 0 bridgehead atoms. The average Bonchev–Trinajstić information content (AvgIpc) is 2.54. The van der Waals surface area contributed by atoms with Crippen LogP contribution in [-0.4, -0.2) is 17.6 Å². The van der Waals surface area contributed by atoms with Crippen molar-refractivity contribution in [1.29, 1.82) is 0 Å². The molecule has 7 heteroatoms. The molecule has 0 unspecified atom stereocenters. The lowest BCUT2D eigenvalue weighted by molar-refractivity contribution is -0.119. The van der Waals surface area contributed by atoms with Crippen LogP contribution >= 0.6 is 12.2 Å². The Labute approximate surface area is 152 Å². The summed E-state index contributed by atoms with van der Waals surface area (Å²) in [5.74, 6) is -0.590. The van der Waals surface area contributed by atoms with Crippen molar-refractivity contribution in [2.75, 3.05) is 17.2 Å². The smallest absolute Gasteiger partial charge is 0.257 e. The fraction of sp³-hybridized carbons (Fsp3) is 0.222. The molecule has 5 nitrogen and oxygen atoms in total. The maximum absolute atomic E-state index is 12.8. The Hall–Kier alpha value is -2.67. The molecule has 0 aromatic heterocycles. The standard InChI is InChI=1S/C18H21FN4OS/c1-11-8-12(2)17(13(3)9-11)20-10-16(24)22-23-18(25)21-15-6-4-14(19)5-7-15/h4-9,20H,10H2,1-3H3,(H,22,24)(H2,21,23,25). The summed E-state index contributed by atoms with van der Waals surface area (Å²) in [4.78, 5) is 11.9. The van der Waals surface area contributed by atoms with Crippen molar-refractivity contribution in [1.82, 2.24) is 10.9 Å². The Kier molecular flexibility index (Phi) is 6.30. The van der Waals surface area contributed by atoms with E-state index in [0.717, 1.165) is 16.8 Å². The van der Waals surface area contributed by atoms with Gasteiger partial charge in [-0.1, -0.05) is 17.7 Å². The quantitative estimate of drug-likeness (QED) is 0.498. The van der Waals surface area contributed by atoms with E-state index < -0.39 is 0 Å². The SMILES string of the molecule is Cc1cc(C)c(NCC(=O)NNC(=S)Nc2ccc(F)cc2)c(C)c1. The van der Waals surface area contributed by atoms with Crippen LogP contribution in [0.5, 0.6) is 0 Å². The molecular formula is C18H21FN4OS. The fourth-order valence-electron chi connectivity index (χ4n) is 2.49. The topological polar surface area (TPSA) is 65.2 Å². The molecule has 2 aromatic rings. The number of hydrogen-bond acceptors (Lipinski definition) is 3. The number of halogens is 1. The maximum Gasteiger partial charge on any atom is 0.257 e. The minimum absolute atomic E-state index is 0.108. The molecule has 0 aliphatic rings. The Morgan fingerprint density at radius 2 is 1.64 bits per heavy atom. The van der Waals surface area contributed by atoms with E-state index in [4.69, 9.17) is 12.2 Å². The van der Waals surface area contributed by atoms with E-state index in [0.29, 0.717) is 5.69 Å². The Balaban J connectivity index is 1.79. The van der Waals surface area contributed by atoms with Crippen LogP contribution in [0.2, 0.25) is 0 Å². The number of thiocarbonyl (C=S) groups is 1. The first-order chi connectivity index (χ1) is 11.8. The summed E-state index contributed by atoms with van der Waals surface area (Å²) in [7, 11) is 0. The highest BCUT2D eigenvalue weighted by Gasteiger charge is 2.07.